The first kappa shape index (κ1) is 15.4. The summed E-state index contributed by atoms with van der Waals surface area (Å²) in [6.07, 6.45) is -3.52. The van der Waals surface area contributed by atoms with Gasteiger partial charge < -0.3 is 10.1 Å². The molecule has 0 aromatic carbocycles. The van der Waals surface area contributed by atoms with Gasteiger partial charge in [-0.3, -0.25) is 0 Å². The maximum Gasteiger partial charge on any atom is 0.488 e. The topological polar surface area (TPSA) is 47.0 Å². The lowest BCUT2D eigenvalue weighted by Gasteiger charge is -2.13. The molecule has 1 N–H and O–H groups in total. The largest absolute Gasteiger partial charge is 0.488 e. The van der Waals surface area contributed by atoms with Crippen LogP contribution < -0.4 is 10.1 Å². The average molecular weight is 304 g/mol. The van der Waals surface area contributed by atoms with E-state index in [1.807, 2.05) is 0 Å². The SMILES string of the molecule is C=CCNc1nc(OC(F)(F)Cl)cc(C(F)(F)F)n1. The van der Waals surface area contributed by atoms with Crippen LogP contribution in [0.5, 0.6) is 5.88 Å². The Morgan fingerprint density at radius 2 is 1.95 bits per heavy atom. The van der Waals surface area contributed by atoms with E-state index < -0.39 is 29.3 Å². The van der Waals surface area contributed by atoms with Crippen molar-refractivity contribution in [3.63, 3.8) is 0 Å². The summed E-state index contributed by atoms with van der Waals surface area (Å²) in [4.78, 5) is 6.42. The Hall–Kier alpha value is -1.64. The molecule has 1 aromatic rings. The average Bonchev–Trinajstić information content (AvgIpc) is 2.22. The van der Waals surface area contributed by atoms with E-state index in [-0.39, 0.29) is 12.6 Å². The van der Waals surface area contributed by atoms with Gasteiger partial charge in [-0.15, -0.1) is 15.4 Å². The molecule has 0 radical (unpaired) electrons. The summed E-state index contributed by atoms with van der Waals surface area (Å²) < 4.78 is 66.0. The maximum atomic E-state index is 12.5. The Kier molecular flexibility index (Phi) is 4.51. The van der Waals surface area contributed by atoms with Gasteiger partial charge in [0.1, 0.15) is 0 Å². The van der Waals surface area contributed by atoms with Gasteiger partial charge in [-0.05, 0) is 0 Å². The van der Waals surface area contributed by atoms with Crippen LogP contribution in [0.15, 0.2) is 18.7 Å². The summed E-state index contributed by atoms with van der Waals surface area (Å²) in [6.45, 7) is 3.36. The van der Waals surface area contributed by atoms with Crippen molar-refractivity contribution in [2.24, 2.45) is 0 Å². The Morgan fingerprint density at radius 1 is 1.32 bits per heavy atom. The minimum Gasteiger partial charge on any atom is -0.402 e. The summed E-state index contributed by atoms with van der Waals surface area (Å²) in [5.74, 6) is -1.54. The second-order valence-electron chi connectivity index (χ2n) is 3.13. The summed E-state index contributed by atoms with van der Waals surface area (Å²) in [6, 6.07) is 0.218. The number of rotatable bonds is 5. The highest BCUT2D eigenvalue weighted by Crippen LogP contribution is 2.32. The van der Waals surface area contributed by atoms with Crippen LogP contribution in [0.1, 0.15) is 5.69 Å². The minimum atomic E-state index is -4.84. The number of hydrogen-bond donors (Lipinski definition) is 1. The first-order valence-corrected chi connectivity index (χ1v) is 5.06. The number of halogens is 6. The highest BCUT2D eigenvalue weighted by atomic mass is 35.5. The number of ether oxygens (including phenoxy) is 1. The molecule has 0 aliphatic rings. The van der Waals surface area contributed by atoms with Gasteiger partial charge in [0.05, 0.1) is 0 Å². The first-order valence-electron chi connectivity index (χ1n) is 4.68. The maximum absolute atomic E-state index is 12.5. The second kappa shape index (κ2) is 5.55. The number of anilines is 1. The van der Waals surface area contributed by atoms with Crippen LogP contribution in [0.2, 0.25) is 0 Å². The summed E-state index contributed by atoms with van der Waals surface area (Å²) in [5.41, 5.74) is -5.61. The lowest BCUT2D eigenvalue weighted by Crippen LogP contribution is -2.19. The second-order valence-corrected chi connectivity index (χ2v) is 3.57. The van der Waals surface area contributed by atoms with Crippen LogP contribution in [-0.2, 0) is 6.18 Å². The van der Waals surface area contributed by atoms with Gasteiger partial charge in [0.15, 0.2) is 5.69 Å². The lowest BCUT2D eigenvalue weighted by atomic mass is 10.4. The van der Waals surface area contributed by atoms with Crippen LogP contribution in [0, 0.1) is 0 Å². The summed E-state index contributed by atoms with van der Waals surface area (Å²) in [5, 5.41) is 2.32. The van der Waals surface area contributed by atoms with Crippen molar-refractivity contribution in [2.75, 3.05) is 11.9 Å². The Bertz CT molecular complexity index is 460. The normalized spacial score (nSPS) is 12.1. The molecule has 0 amide bonds. The molecule has 19 heavy (non-hydrogen) atoms. The number of aromatic nitrogens is 2. The van der Waals surface area contributed by atoms with Crippen molar-refractivity contribution in [1.82, 2.24) is 9.97 Å². The zero-order valence-electron chi connectivity index (χ0n) is 9.14. The van der Waals surface area contributed by atoms with E-state index in [0.29, 0.717) is 0 Å². The molecular formula is C9H7ClF5N3O. The number of hydrogen-bond acceptors (Lipinski definition) is 4. The summed E-state index contributed by atoms with van der Waals surface area (Å²) >= 11 is 4.46. The molecule has 0 aliphatic heterocycles. The van der Waals surface area contributed by atoms with Gasteiger partial charge in [0, 0.05) is 24.2 Å². The third-order valence-corrected chi connectivity index (χ3v) is 1.70. The predicted octanol–water partition coefficient (Wildman–Crippen LogP) is 3.26. The van der Waals surface area contributed by atoms with Gasteiger partial charge in [-0.25, -0.2) is 4.98 Å². The van der Waals surface area contributed by atoms with Gasteiger partial charge in [0.25, 0.3) is 0 Å². The third-order valence-electron chi connectivity index (χ3n) is 1.62. The Morgan fingerprint density at radius 3 is 2.42 bits per heavy atom. The zero-order valence-corrected chi connectivity index (χ0v) is 9.90. The Labute approximate surface area is 109 Å². The lowest BCUT2D eigenvalue weighted by molar-refractivity contribution is -0.142. The fraction of sp³-hybridized carbons (Fsp3) is 0.333. The van der Waals surface area contributed by atoms with E-state index in [1.54, 1.807) is 0 Å². The van der Waals surface area contributed by atoms with Crippen molar-refractivity contribution in [2.45, 2.75) is 11.7 Å². The van der Waals surface area contributed by atoms with E-state index in [1.165, 1.54) is 6.08 Å². The molecule has 10 heteroatoms. The molecule has 0 unspecified atom stereocenters. The molecular weight excluding hydrogens is 297 g/mol. The van der Waals surface area contributed by atoms with Crippen LogP contribution >= 0.6 is 11.6 Å². The number of nitrogens with one attached hydrogen (secondary N) is 1. The van der Waals surface area contributed by atoms with Gasteiger partial charge >= 0.3 is 11.7 Å². The monoisotopic (exact) mass is 303 g/mol. The van der Waals surface area contributed by atoms with E-state index in [0.717, 1.165) is 0 Å². The van der Waals surface area contributed by atoms with E-state index in [4.69, 9.17) is 0 Å². The van der Waals surface area contributed by atoms with Crippen LogP contribution in [0.25, 0.3) is 0 Å². The fourth-order valence-electron chi connectivity index (χ4n) is 0.984. The van der Waals surface area contributed by atoms with Gasteiger partial charge in [-0.1, -0.05) is 6.08 Å². The molecule has 0 aliphatic carbocycles. The van der Waals surface area contributed by atoms with Crippen molar-refractivity contribution < 1.29 is 26.7 Å². The molecule has 1 heterocycles. The zero-order chi connectivity index (χ0) is 14.7. The van der Waals surface area contributed by atoms with Crippen LogP contribution in [0.3, 0.4) is 0 Å². The third kappa shape index (κ3) is 5.25. The van der Waals surface area contributed by atoms with Crippen LogP contribution in [0.4, 0.5) is 27.9 Å². The van der Waals surface area contributed by atoms with Gasteiger partial charge in [0.2, 0.25) is 11.8 Å². The molecule has 0 bridgehead atoms. The Balaban J connectivity index is 3.12. The van der Waals surface area contributed by atoms with E-state index >= 15 is 0 Å². The highest BCUT2D eigenvalue weighted by Gasteiger charge is 2.36. The van der Waals surface area contributed by atoms with Crippen molar-refractivity contribution >= 4 is 17.5 Å². The molecule has 1 rings (SSSR count). The molecule has 1 aromatic heterocycles. The van der Waals surface area contributed by atoms with E-state index in [2.05, 4.69) is 38.2 Å². The predicted molar refractivity (Wildman–Crippen MR) is 57.1 cm³/mol. The van der Waals surface area contributed by atoms with Gasteiger partial charge in [-0.2, -0.15) is 18.2 Å². The van der Waals surface area contributed by atoms with Crippen LogP contribution in [-0.4, -0.2) is 22.1 Å². The van der Waals surface area contributed by atoms with Crippen molar-refractivity contribution in [1.29, 1.82) is 0 Å². The molecule has 0 saturated carbocycles. The standard InChI is InChI=1S/C9H7ClF5N3O/c1-2-3-16-7-17-5(8(11,12)13)4-6(18-7)19-9(10,14)15/h2,4H,1,3H2,(H,16,17,18). The summed E-state index contributed by atoms with van der Waals surface area (Å²) in [7, 11) is 0. The quantitative estimate of drug-likeness (QED) is 0.515. The fourth-order valence-corrected chi connectivity index (χ4v) is 1.06. The van der Waals surface area contributed by atoms with Crippen molar-refractivity contribution in [3.05, 3.63) is 24.4 Å². The molecule has 0 atom stereocenters. The van der Waals surface area contributed by atoms with E-state index in [9.17, 15) is 22.0 Å². The highest BCUT2D eigenvalue weighted by molar-refractivity contribution is 6.20. The first-order chi connectivity index (χ1) is 8.62. The molecule has 4 nitrogen and oxygen atoms in total. The number of nitrogens with zero attached hydrogens (tertiary/aromatic N) is 2. The smallest absolute Gasteiger partial charge is 0.402 e. The molecule has 0 spiro atoms. The minimum absolute atomic E-state index is 0.0397. The molecule has 0 saturated heterocycles. The molecule has 106 valence electrons. The number of alkyl halides is 6. The molecule has 0 fully saturated rings. The van der Waals surface area contributed by atoms with Crippen molar-refractivity contribution in [3.8, 4) is 5.88 Å².